The van der Waals surface area contributed by atoms with Crippen LogP contribution in [0.15, 0.2) is 0 Å². The summed E-state index contributed by atoms with van der Waals surface area (Å²) in [6.07, 6.45) is 0. The lowest BCUT2D eigenvalue weighted by molar-refractivity contribution is -0.125. The largest absolute Gasteiger partial charge is 0.346 e. The second-order valence-corrected chi connectivity index (χ2v) is 3.86. The van der Waals surface area contributed by atoms with Crippen LogP contribution < -0.4 is 5.32 Å². The lowest BCUT2D eigenvalue weighted by Gasteiger charge is -2.12. The third kappa shape index (κ3) is 6.33. The number of carbonyl (C=O) groups excluding carboxylic acids is 3. The molecule has 0 aliphatic heterocycles. The molecule has 0 aliphatic carbocycles. The Balaban J connectivity index is 4.02. The van der Waals surface area contributed by atoms with E-state index in [1.54, 1.807) is 0 Å². The predicted molar refractivity (Wildman–Crippen MR) is 51.4 cm³/mol. The average Bonchev–Trinajstić information content (AvgIpc) is 1.96. The monoisotopic (exact) mass is 203 g/mol. The number of carbonyl (C=O) groups is 3. The molecule has 0 aromatic rings. The molecule has 0 aromatic carbocycles. The van der Waals surface area contributed by atoms with Crippen molar-refractivity contribution >= 4 is 28.6 Å². The van der Waals surface area contributed by atoms with Crippen molar-refractivity contribution < 1.29 is 14.4 Å². The Morgan fingerprint density at radius 3 is 2.08 bits per heavy atom. The summed E-state index contributed by atoms with van der Waals surface area (Å²) in [5.41, 5.74) is 0. The standard InChI is InChI=1S/C8H13NO3S/c1-5(10)8(9-6(2)11)4-13-7(3)12/h8H,4H2,1-3H3,(H,9,11). The zero-order valence-electron chi connectivity index (χ0n) is 7.92. The summed E-state index contributed by atoms with van der Waals surface area (Å²) in [6.45, 7) is 4.16. The summed E-state index contributed by atoms with van der Waals surface area (Å²) < 4.78 is 0. The average molecular weight is 203 g/mol. The maximum absolute atomic E-state index is 11.0. The van der Waals surface area contributed by atoms with Gasteiger partial charge in [-0.15, -0.1) is 0 Å². The van der Waals surface area contributed by atoms with E-state index in [4.69, 9.17) is 0 Å². The van der Waals surface area contributed by atoms with E-state index in [2.05, 4.69) is 5.32 Å². The van der Waals surface area contributed by atoms with Gasteiger partial charge in [-0.05, 0) is 6.92 Å². The topological polar surface area (TPSA) is 63.2 Å². The maximum atomic E-state index is 11.0. The van der Waals surface area contributed by atoms with Crippen LogP contribution in [0, 0.1) is 0 Å². The smallest absolute Gasteiger partial charge is 0.217 e. The van der Waals surface area contributed by atoms with E-state index >= 15 is 0 Å². The Morgan fingerprint density at radius 1 is 1.23 bits per heavy atom. The normalized spacial score (nSPS) is 11.9. The van der Waals surface area contributed by atoms with Gasteiger partial charge in [-0.3, -0.25) is 14.4 Å². The van der Waals surface area contributed by atoms with Crippen LogP contribution in [0.2, 0.25) is 0 Å². The molecule has 0 aliphatic rings. The van der Waals surface area contributed by atoms with Crippen LogP contribution >= 0.6 is 11.8 Å². The van der Waals surface area contributed by atoms with Gasteiger partial charge in [-0.25, -0.2) is 0 Å². The molecule has 1 unspecified atom stereocenters. The summed E-state index contributed by atoms with van der Waals surface area (Å²) in [5.74, 6) is -0.0853. The van der Waals surface area contributed by atoms with Gasteiger partial charge < -0.3 is 5.32 Å². The highest BCUT2D eigenvalue weighted by atomic mass is 32.2. The summed E-state index contributed by atoms with van der Waals surface area (Å²) >= 11 is 1.04. The molecule has 0 spiro atoms. The highest BCUT2D eigenvalue weighted by Gasteiger charge is 2.15. The highest BCUT2D eigenvalue weighted by Crippen LogP contribution is 2.04. The van der Waals surface area contributed by atoms with Crippen LogP contribution in [0.5, 0.6) is 0 Å². The van der Waals surface area contributed by atoms with Crippen LogP contribution in [0.1, 0.15) is 20.8 Å². The van der Waals surface area contributed by atoms with E-state index in [1.807, 2.05) is 0 Å². The fourth-order valence-electron chi connectivity index (χ4n) is 0.707. The van der Waals surface area contributed by atoms with Crippen molar-refractivity contribution in [2.75, 3.05) is 5.75 Å². The van der Waals surface area contributed by atoms with E-state index in [-0.39, 0.29) is 16.8 Å². The highest BCUT2D eigenvalue weighted by molar-refractivity contribution is 8.13. The van der Waals surface area contributed by atoms with Gasteiger partial charge in [0.2, 0.25) is 5.91 Å². The Kier molecular flexibility index (Phi) is 5.37. The van der Waals surface area contributed by atoms with E-state index in [9.17, 15) is 14.4 Å². The first-order valence-corrected chi connectivity index (χ1v) is 4.83. The molecule has 0 saturated carbocycles. The van der Waals surface area contributed by atoms with Gasteiger partial charge in [0, 0.05) is 19.6 Å². The summed E-state index contributed by atoms with van der Waals surface area (Å²) in [6, 6.07) is -0.550. The molecule has 0 radical (unpaired) electrons. The number of nitrogens with one attached hydrogen (secondary N) is 1. The van der Waals surface area contributed by atoms with Gasteiger partial charge in [0.25, 0.3) is 0 Å². The first-order chi connectivity index (χ1) is 5.93. The van der Waals surface area contributed by atoms with Crippen LogP contribution in [0.4, 0.5) is 0 Å². The van der Waals surface area contributed by atoms with Gasteiger partial charge in [-0.2, -0.15) is 0 Å². The molecule has 1 atom stereocenters. The van der Waals surface area contributed by atoms with E-state index in [0.29, 0.717) is 5.75 Å². The van der Waals surface area contributed by atoms with Gasteiger partial charge in [0.1, 0.15) is 0 Å². The lowest BCUT2D eigenvalue weighted by atomic mass is 10.2. The third-order valence-corrected chi connectivity index (χ3v) is 2.23. The number of thioether (sulfide) groups is 1. The van der Waals surface area contributed by atoms with Crippen molar-refractivity contribution in [1.82, 2.24) is 5.32 Å². The zero-order valence-corrected chi connectivity index (χ0v) is 8.73. The van der Waals surface area contributed by atoms with Crippen molar-refractivity contribution in [2.24, 2.45) is 0 Å². The molecule has 74 valence electrons. The molecular formula is C8H13NO3S. The molecule has 0 fully saturated rings. The number of ketones is 1. The van der Waals surface area contributed by atoms with Gasteiger partial charge >= 0.3 is 0 Å². The summed E-state index contributed by atoms with van der Waals surface area (Å²) in [4.78, 5) is 32.2. The SMILES string of the molecule is CC(=O)NC(CSC(C)=O)C(C)=O. The molecule has 0 aromatic heterocycles. The number of Topliss-reactive ketones (excluding diaryl/α,β-unsaturated/α-hetero) is 1. The fraction of sp³-hybridized carbons (Fsp3) is 0.625. The van der Waals surface area contributed by atoms with E-state index in [0.717, 1.165) is 11.8 Å². The lowest BCUT2D eigenvalue weighted by Crippen LogP contribution is -2.40. The number of rotatable bonds is 4. The number of amides is 1. The van der Waals surface area contributed by atoms with Crippen LogP contribution in [-0.2, 0) is 14.4 Å². The third-order valence-electron chi connectivity index (χ3n) is 1.32. The Bertz CT molecular complexity index is 227. The van der Waals surface area contributed by atoms with Crippen molar-refractivity contribution in [3.8, 4) is 0 Å². The molecule has 1 N–H and O–H groups in total. The van der Waals surface area contributed by atoms with E-state index < -0.39 is 6.04 Å². The Labute approximate surface area is 81.5 Å². The minimum atomic E-state index is -0.550. The van der Waals surface area contributed by atoms with Crippen molar-refractivity contribution in [2.45, 2.75) is 26.8 Å². The number of hydrogen-bond acceptors (Lipinski definition) is 4. The molecule has 0 heterocycles. The second kappa shape index (κ2) is 5.75. The quantitative estimate of drug-likeness (QED) is 0.716. The minimum absolute atomic E-state index is 0.0587. The number of hydrogen-bond donors (Lipinski definition) is 1. The van der Waals surface area contributed by atoms with Crippen LogP contribution in [-0.4, -0.2) is 28.6 Å². The van der Waals surface area contributed by atoms with Gasteiger partial charge in [-0.1, -0.05) is 11.8 Å². The summed E-state index contributed by atoms with van der Waals surface area (Å²) in [7, 11) is 0. The predicted octanol–water partition coefficient (Wildman–Crippen LogP) is 0.360. The second-order valence-electron chi connectivity index (χ2n) is 2.67. The van der Waals surface area contributed by atoms with Crippen molar-refractivity contribution in [1.29, 1.82) is 0 Å². The Hall–Kier alpha value is -0.840. The molecule has 0 saturated heterocycles. The van der Waals surface area contributed by atoms with Gasteiger partial charge in [0.05, 0.1) is 6.04 Å². The first kappa shape index (κ1) is 12.2. The summed E-state index contributed by atoms with van der Waals surface area (Å²) in [5, 5.41) is 2.41. The van der Waals surface area contributed by atoms with Crippen LogP contribution in [0.25, 0.3) is 0 Å². The zero-order chi connectivity index (χ0) is 10.4. The molecular weight excluding hydrogens is 190 g/mol. The molecule has 13 heavy (non-hydrogen) atoms. The van der Waals surface area contributed by atoms with Crippen molar-refractivity contribution in [3.63, 3.8) is 0 Å². The Morgan fingerprint density at radius 2 is 1.77 bits per heavy atom. The van der Waals surface area contributed by atoms with Gasteiger partial charge in [0.15, 0.2) is 10.9 Å². The van der Waals surface area contributed by atoms with E-state index in [1.165, 1.54) is 20.8 Å². The minimum Gasteiger partial charge on any atom is -0.346 e. The molecule has 0 rings (SSSR count). The molecule has 0 bridgehead atoms. The molecule has 1 amide bonds. The van der Waals surface area contributed by atoms with Crippen molar-refractivity contribution in [3.05, 3.63) is 0 Å². The first-order valence-electron chi connectivity index (χ1n) is 3.84. The fourth-order valence-corrected chi connectivity index (χ4v) is 1.43. The molecule has 4 nitrogen and oxygen atoms in total. The maximum Gasteiger partial charge on any atom is 0.217 e. The van der Waals surface area contributed by atoms with Crippen LogP contribution in [0.3, 0.4) is 0 Å². The molecule has 5 heteroatoms.